The van der Waals surface area contributed by atoms with Crippen LogP contribution >= 0.6 is 0 Å². The molecule has 0 amide bonds. The van der Waals surface area contributed by atoms with Gasteiger partial charge in [-0.15, -0.1) is 0 Å². The molecule has 0 saturated carbocycles. The zero-order valence-corrected chi connectivity index (χ0v) is 15.1. The number of aromatic nitrogens is 2. The third kappa shape index (κ3) is 3.08. The summed E-state index contributed by atoms with van der Waals surface area (Å²) in [6, 6.07) is 15.7. The van der Waals surface area contributed by atoms with E-state index in [0.717, 1.165) is 60.1 Å². The average molecular weight is 360 g/mol. The Morgan fingerprint density at radius 2 is 1.63 bits per heavy atom. The van der Waals surface area contributed by atoms with Crippen LogP contribution in [-0.4, -0.2) is 48.1 Å². The highest BCUT2D eigenvalue weighted by atomic mass is 16.3. The van der Waals surface area contributed by atoms with Crippen LogP contribution < -0.4 is 4.90 Å². The van der Waals surface area contributed by atoms with E-state index >= 15 is 0 Å². The molecule has 0 radical (unpaired) electrons. The Bertz CT molecular complexity index is 1030. The van der Waals surface area contributed by atoms with Crippen molar-refractivity contribution >= 4 is 16.9 Å². The van der Waals surface area contributed by atoms with Gasteiger partial charge in [0, 0.05) is 31.6 Å². The Labute approximate surface area is 157 Å². The van der Waals surface area contributed by atoms with Crippen molar-refractivity contribution in [1.82, 2.24) is 14.9 Å². The van der Waals surface area contributed by atoms with Gasteiger partial charge < -0.3 is 18.6 Å². The Kier molecular flexibility index (Phi) is 3.90. The van der Waals surface area contributed by atoms with Gasteiger partial charge in [-0.05, 0) is 37.4 Å². The van der Waals surface area contributed by atoms with E-state index in [4.69, 9.17) is 18.8 Å². The molecule has 1 aliphatic heterocycles. The molecule has 1 fully saturated rings. The first-order valence-corrected chi connectivity index (χ1v) is 9.12. The molecule has 6 heteroatoms. The Balaban J connectivity index is 1.61. The van der Waals surface area contributed by atoms with Crippen molar-refractivity contribution in [1.29, 1.82) is 0 Å². The highest BCUT2D eigenvalue weighted by Gasteiger charge is 2.20. The highest BCUT2D eigenvalue weighted by Crippen LogP contribution is 2.30. The summed E-state index contributed by atoms with van der Waals surface area (Å²) < 4.78 is 11.6. The van der Waals surface area contributed by atoms with E-state index in [0.29, 0.717) is 5.95 Å². The number of furan rings is 2. The summed E-state index contributed by atoms with van der Waals surface area (Å²) in [5, 5.41) is 1.06. The predicted molar refractivity (Wildman–Crippen MR) is 105 cm³/mol. The van der Waals surface area contributed by atoms with Crippen molar-refractivity contribution in [2.75, 3.05) is 38.1 Å². The van der Waals surface area contributed by atoms with Crippen LogP contribution in [0.15, 0.2) is 63.6 Å². The smallest absolute Gasteiger partial charge is 0.226 e. The summed E-state index contributed by atoms with van der Waals surface area (Å²) in [5.74, 6) is 2.18. The third-order valence-corrected chi connectivity index (χ3v) is 4.95. The van der Waals surface area contributed by atoms with Crippen molar-refractivity contribution < 1.29 is 8.83 Å². The Hall–Kier alpha value is -3.12. The number of para-hydroxylation sites is 1. The molecule has 0 bridgehead atoms. The summed E-state index contributed by atoms with van der Waals surface area (Å²) in [6.45, 7) is 3.79. The molecule has 4 aromatic rings. The number of hydrogen-bond donors (Lipinski definition) is 0. The summed E-state index contributed by atoms with van der Waals surface area (Å²) >= 11 is 0. The van der Waals surface area contributed by atoms with E-state index in [9.17, 15) is 0 Å². The number of piperazine rings is 1. The minimum Gasteiger partial charge on any atom is -0.463 e. The van der Waals surface area contributed by atoms with Gasteiger partial charge in [0.15, 0.2) is 11.5 Å². The van der Waals surface area contributed by atoms with Crippen LogP contribution in [0.5, 0.6) is 0 Å². The number of rotatable bonds is 3. The maximum absolute atomic E-state index is 6.04. The van der Waals surface area contributed by atoms with Gasteiger partial charge in [0.1, 0.15) is 17.0 Å². The van der Waals surface area contributed by atoms with E-state index in [1.807, 2.05) is 48.5 Å². The van der Waals surface area contributed by atoms with Gasteiger partial charge in [-0.2, -0.15) is 0 Å². The quantitative estimate of drug-likeness (QED) is 0.552. The predicted octanol–water partition coefficient (Wildman–Crippen LogP) is 3.90. The summed E-state index contributed by atoms with van der Waals surface area (Å²) in [4.78, 5) is 14.1. The molecule has 1 aliphatic rings. The van der Waals surface area contributed by atoms with E-state index in [1.54, 1.807) is 6.26 Å². The molecule has 5 rings (SSSR count). The number of nitrogens with zero attached hydrogens (tertiary/aromatic N) is 4. The van der Waals surface area contributed by atoms with Crippen LogP contribution in [0.25, 0.3) is 33.9 Å². The topological polar surface area (TPSA) is 58.5 Å². The van der Waals surface area contributed by atoms with Crippen LogP contribution in [0, 0.1) is 0 Å². The summed E-state index contributed by atoms with van der Waals surface area (Å²) in [6.07, 6.45) is 1.66. The molecule has 136 valence electrons. The normalized spacial score (nSPS) is 15.5. The van der Waals surface area contributed by atoms with Gasteiger partial charge in [-0.25, -0.2) is 9.97 Å². The van der Waals surface area contributed by atoms with E-state index in [1.165, 1.54) is 0 Å². The fourth-order valence-corrected chi connectivity index (χ4v) is 3.37. The molecule has 27 heavy (non-hydrogen) atoms. The van der Waals surface area contributed by atoms with Crippen molar-refractivity contribution in [2.45, 2.75) is 0 Å². The highest BCUT2D eigenvalue weighted by molar-refractivity contribution is 5.82. The lowest BCUT2D eigenvalue weighted by molar-refractivity contribution is 0.311. The van der Waals surface area contributed by atoms with Crippen molar-refractivity contribution in [3.8, 4) is 22.9 Å². The van der Waals surface area contributed by atoms with E-state index in [-0.39, 0.29) is 0 Å². The zero-order chi connectivity index (χ0) is 18.2. The lowest BCUT2D eigenvalue weighted by Crippen LogP contribution is -2.45. The van der Waals surface area contributed by atoms with Gasteiger partial charge in [0.05, 0.1) is 6.26 Å². The molecular formula is C21H20N4O2. The maximum Gasteiger partial charge on any atom is 0.226 e. The Morgan fingerprint density at radius 1 is 0.852 bits per heavy atom. The molecule has 0 aliphatic carbocycles. The second-order valence-corrected chi connectivity index (χ2v) is 6.85. The molecule has 1 aromatic carbocycles. The minimum absolute atomic E-state index is 0.715. The first-order chi connectivity index (χ1) is 13.3. The first kappa shape index (κ1) is 16.1. The van der Waals surface area contributed by atoms with Gasteiger partial charge in [0.2, 0.25) is 5.95 Å². The third-order valence-electron chi connectivity index (χ3n) is 4.95. The minimum atomic E-state index is 0.715. The molecule has 6 nitrogen and oxygen atoms in total. The molecular weight excluding hydrogens is 340 g/mol. The number of anilines is 1. The second-order valence-electron chi connectivity index (χ2n) is 6.85. The number of hydrogen-bond acceptors (Lipinski definition) is 6. The summed E-state index contributed by atoms with van der Waals surface area (Å²) in [5.41, 5.74) is 2.38. The number of fused-ring (bicyclic) bond motifs is 1. The second kappa shape index (κ2) is 6.55. The van der Waals surface area contributed by atoms with Crippen LogP contribution in [0.2, 0.25) is 0 Å². The molecule has 3 aromatic heterocycles. The summed E-state index contributed by atoms with van der Waals surface area (Å²) in [7, 11) is 2.14. The monoisotopic (exact) mass is 360 g/mol. The van der Waals surface area contributed by atoms with Crippen LogP contribution in [0.3, 0.4) is 0 Å². The maximum atomic E-state index is 6.04. The largest absolute Gasteiger partial charge is 0.463 e. The fourth-order valence-electron chi connectivity index (χ4n) is 3.37. The standard InChI is InChI=1S/C21H20N4O2/c1-24-8-10-25(11-9-24)21-22-16(19-7-4-12-26-19)14-17(23-21)20-13-15-5-2-3-6-18(15)27-20/h2-7,12-14H,8-11H2,1H3. The fraction of sp³-hybridized carbons (Fsp3) is 0.238. The first-order valence-electron chi connectivity index (χ1n) is 9.12. The number of benzene rings is 1. The molecule has 0 unspecified atom stereocenters. The molecule has 1 saturated heterocycles. The van der Waals surface area contributed by atoms with Crippen LogP contribution in [0.1, 0.15) is 0 Å². The molecule has 0 spiro atoms. The number of likely N-dealkylation sites (N-methyl/N-ethyl adjacent to an activating group) is 1. The van der Waals surface area contributed by atoms with E-state index in [2.05, 4.69) is 16.8 Å². The molecule has 0 atom stereocenters. The average Bonchev–Trinajstić information content (AvgIpc) is 3.38. The van der Waals surface area contributed by atoms with Crippen LogP contribution in [-0.2, 0) is 0 Å². The van der Waals surface area contributed by atoms with Crippen LogP contribution in [0.4, 0.5) is 5.95 Å². The van der Waals surface area contributed by atoms with Crippen molar-refractivity contribution in [3.63, 3.8) is 0 Å². The van der Waals surface area contributed by atoms with Gasteiger partial charge in [-0.3, -0.25) is 0 Å². The molecule has 0 N–H and O–H groups in total. The SMILES string of the molecule is CN1CCN(c2nc(-c3ccco3)cc(-c3cc4ccccc4o3)n2)CC1. The van der Waals surface area contributed by atoms with Crippen molar-refractivity contribution in [3.05, 3.63) is 54.8 Å². The van der Waals surface area contributed by atoms with Crippen molar-refractivity contribution in [2.24, 2.45) is 0 Å². The van der Waals surface area contributed by atoms with E-state index < -0.39 is 0 Å². The van der Waals surface area contributed by atoms with Gasteiger partial charge in [0.25, 0.3) is 0 Å². The lowest BCUT2D eigenvalue weighted by Gasteiger charge is -2.32. The van der Waals surface area contributed by atoms with Gasteiger partial charge >= 0.3 is 0 Å². The zero-order valence-electron chi connectivity index (χ0n) is 15.1. The Morgan fingerprint density at radius 3 is 2.37 bits per heavy atom. The van der Waals surface area contributed by atoms with Gasteiger partial charge in [-0.1, -0.05) is 18.2 Å². The lowest BCUT2D eigenvalue weighted by atomic mass is 10.2. The molecule has 4 heterocycles.